The van der Waals surface area contributed by atoms with E-state index in [-0.39, 0.29) is 12.5 Å². The third-order valence-electron chi connectivity index (χ3n) is 2.32. The van der Waals surface area contributed by atoms with Crippen molar-refractivity contribution in [1.82, 2.24) is 0 Å². The molecule has 0 radical (unpaired) electrons. The highest BCUT2D eigenvalue weighted by molar-refractivity contribution is 5.96. The zero-order valence-corrected chi connectivity index (χ0v) is 9.65. The van der Waals surface area contributed by atoms with E-state index in [4.69, 9.17) is 5.11 Å². The van der Waals surface area contributed by atoms with Crippen LogP contribution in [0.5, 0.6) is 0 Å². The lowest BCUT2D eigenvalue weighted by molar-refractivity contribution is -0.136. The molecule has 0 saturated heterocycles. The Bertz CT molecular complexity index is 426. The van der Waals surface area contributed by atoms with Crippen molar-refractivity contribution in [3.05, 3.63) is 29.3 Å². The molecule has 16 heavy (non-hydrogen) atoms. The van der Waals surface area contributed by atoms with Crippen LogP contribution in [0.15, 0.2) is 18.2 Å². The molecule has 0 fully saturated rings. The lowest BCUT2D eigenvalue weighted by Gasteiger charge is -2.21. The first-order valence-electron chi connectivity index (χ1n) is 4.99. The van der Waals surface area contributed by atoms with Crippen LogP contribution < -0.4 is 4.90 Å². The number of carboxylic acids is 1. The topological polar surface area (TPSA) is 57.6 Å². The van der Waals surface area contributed by atoms with E-state index >= 15 is 0 Å². The van der Waals surface area contributed by atoms with Crippen molar-refractivity contribution in [2.24, 2.45) is 0 Å². The zero-order chi connectivity index (χ0) is 12.3. The molecule has 0 aliphatic rings. The van der Waals surface area contributed by atoms with Crippen LogP contribution >= 0.6 is 0 Å². The molecule has 0 aliphatic carbocycles. The summed E-state index contributed by atoms with van der Waals surface area (Å²) in [4.78, 5) is 23.3. The number of anilines is 1. The van der Waals surface area contributed by atoms with Gasteiger partial charge in [0.25, 0.3) is 0 Å². The molecule has 1 rings (SSSR count). The Morgan fingerprint density at radius 1 is 1.31 bits per heavy atom. The number of carbonyl (C=O) groups excluding carboxylic acids is 1. The van der Waals surface area contributed by atoms with Crippen LogP contribution in [0, 0.1) is 13.8 Å². The summed E-state index contributed by atoms with van der Waals surface area (Å²) in [5.74, 6) is -1.29. The fraction of sp³-hybridized carbons (Fsp3) is 0.333. The molecule has 0 aliphatic heterocycles. The van der Waals surface area contributed by atoms with Crippen molar-refractivity contribution in [3.63, 3.8) is 0 Å². The van der Waals surface area contributed by atoms with Crippen LogP contribution in [0.1, 0.15) is 18.1 Å². The first-order chi connectivity index (χ1) is 7.41. The summed E-state index contributed by atoms with van der Waals surface area (Å²) in [7, 11) is 0. The Labute approximate surface area is 94.5 Å². The minimum atomic E-state index is -1.02. The third kappa shape index (κ3) is 2.82. The van der Waals surface area contributed by atoms with Gasteiger partial charge in [0.1, 0.15) is 6.54 Å². The van der Waals surface area contributed by atoms with E-state index in [1.807, 2.05) is 26.0 Å². The molecule has 86 valence electrons. The number of amides is 1. The molecule has 0 atom stereocenters. The second-order valence-electron chi connectivity index (χ2n) is 3.79. The number of hydrogen-bond donors (Lipinski definition) is 1. The lowest BCUT2D eigenvalue weighted by Crippen LogP contribution is -2.34. The Morgan fingerprint density at radius 2 is 1.94 bits per heavy atom. The number of rotatable bonds is 3. The van der Waals surface area contributed by atoms with Crippen molar-refractivity contribution in [1.29, 1.82) is 0 Å². The average molecular weight is 221 g/mol. The maximum absolute atomic E-state index is 11.4. The maximum Gasteiger partial charge on any atom is 0.323 e. The van der Waals surface area contributed by atoms with E-state index in [0.717, 1.165) is 11.1 Å². The van der Waals surface area contributed by atoms with Crippen LogP contribution in [0.25, 0.3) is 0 Å². The van der Waals surface area contributed by atoms with Gasteiger partial charge in [0.2, 0.25) is 5.91 Å². The predicted molar refractivity (Wildman–Crippen MR) is 61.6 cm³/mol. The van der Waals surface area contributed by atoms with E-state index in [1.165, 1.54) is 11.8 Å². The second kappa shape index (κ2) is 4.79. The van der Waals surface area contributed by atoms with Crippen molar-refractivity contribution < 1.29 is 14.7 Å². The highest BCUT2D eigenvalue weighted by atomic mass is 16.4. The summed E-state index contributed by atoms with van der Waals surface area (Å²) in [6.45, 7) is 4.87. The summed E-state index contributed by atoms with van der Waals surface area (Å²) in [5.41, 5.74) is 2.64. The Morgan fingerprint density at radius 3 is 2.38 bits per heavy atom. The highest BCUT2D eigenvalue weighted by Crippen LogP contribution is 2.21. The molecular formula is C12H15NO3. The van der Waals surface area contributed by atoms with E-state index in [0.29, 0.717) is 5.69 Å². The Kier molecular flexibility index (Phi) is 3.66. The third-order valence-corrected chi connectivity index (χ3v) is 2.32. The van der Waals surface area contributed by atoms with Crippen molar-refractivity contribution in [2.45, 2.75) is 20.8 Å². The molecule has 1 aromatic rings. The average Bonchev–Trinajstić information content (AvgIpc) is 2.14. The van der Waals surface area contributed by atoms with Gasteiger partial charge in [-0.05, 0) is 25.5 Å². The van der Waals surface area contributed by atoms with Gasteiger partial charge in [-0.15, -0.1) is 0 Å². The molecular weight excluding hydrogens is 206 g/mol. The molecule has 0 aromatic heterocycles. The summed E-state index contributed by atoms with van der Waals surface area (Å²) in [6.07, 6.45) is 0. The van der Waals surface area contributed by atoms with Gasteiger partial charge in [-0.3, -0.25) is 9.59 Å². The smallest absolute Gasteiger partial charge is 0.323 e. The molecule has 4 nitrogen and oxygen atoms in total. The number of nitrogens with zero attached hydrogens (tertiary/aromatic N) is 1. The van der Waals surface area contributed by atoms with Gasteiger partial charge < -0.3 is 10.0 Å². The highest BCUT2D eigenvalue weighted by Gasteiger charge is 2.16. The lowest BCUT2D eigenvalue weighted by atomic mass is 10.1. The number of aryl methyl sites for hydroxylation is 2. The number of carboxylic acid groups (broad SMARTS) is 1. The number of benzene rings is 1. The van der Waals surface area contributed by atoms with Crippen LogP contribution in [-0.2, 0) is 9.59 Å². The van der Waals surface area contributed by atoms with Crippen LogP contribution in [-0.4, -0.2) is 23.5 Å². The van der Waals surface area contributed by atoms with E-state index < -0.39 is 5.97 Å². The largest absolute Gasteiger partial charge is 0.480 e. The molecule has 0 saturated carbocycles. The minimum absolute atomic E-state index is 0.269. The monoisotopic (exact) mass is 221 g/mol. The van der Waals surface area contributed by atoms with Crippen molar-refractivity contribution in [2.75, 3.05) is 11.4 Å². The summed E-state index contributed by atoms with van der Waals surface area (Å²) < 4.78 is 0. The fourth-order valence-electron chi connectivity index (χ4n) is 1.61. The molecule has 0 bridgehead atoms. The Balaban J connectivity index is 3.10. The first kappa shape index (κ1) is 12.2. The van der Waals surface area contributed by atoms with Crippen LogP contribution in [0.4, 0.5) is 5.69 Å². The van der Waals surface area contributed by atoms with E-state index in [1.54, 1.807) is 6.07 Å². The molecule has 1 amide bonds. The van der Waals surface area contributed by atoms with Gasteiger partial charge in [-0.2, -0.15) is 0 Å². The summed E-state index contributed by atoms with van der Waals surface area (Å²) in [5, 5.41) is 8.75. The van der Waals surface area contributed by atoms with Gasteiger partial charge >= 0.3 is 5.97 Å². The van der Waals surface area contributed by atoms with Crippen LogP contribution in [0.2, 0.25) is 0 Å². The van der Waals surface area contributed by atoms with Crippen molar-refractivity contribution >= 4 is 17.6 Å². The molecule has 1 N–H and O–H groups in total. The Hall–Kier alpha value is -1.84. The minimum Gasteiger partial charge on any atom is -0.480 e. The van der Waals surface area contributed by atoms with Gasteiger partial charge in [-0.25, -0.2) is 0 Å². The zero-order valence-electron chi connectivity index (χ0n) is 9.65. The summed E-state index contributed by atoms with van der Waals surface area (Å²) >= 11 is 0. The number of aliphatic carboxylic acids is 1. The van der Waals surface area contributed by atoms with E-state index in [2.05, 4.69) is 0 Å². The normalized spacial score (nSPS) is 9.94. The molecule has 0 unspecified atom stereocenters. The van der Waals surface area contributed by atoms with E-state index in [9.17, 15) is 9.59 Å². The van der Waals surface area contributed by atoms with Gasteiger partial charge in [0, 0.05) is 12.6 Å². The number of hydrogen-bond acceptors (Lipinski definition) is 2. The quantitative estimate of drug-likeness (QED) is 0.845. The van der Waals surface area contributed by atoms with Crippen molar-refractivity contribution in [3.8, 4) is 0 Å². The van der Waals surface area contributed by atoms with Gasteiger partial charge in [-0.1, -0.05) is 17.7 Å². The van der Waals surface area contributed by atoms with Gasteiger partial charge in [0.15, 0.2) is 0 Å². The summed E-state index contributed by atoms with van der Waals surface area (Å²) in [6, 6.07) is 5.56. The first-order valence-corrected chi connectivity index (χ1v) is 4.99. The SMILES string of the molecule is CC(=O)N(CC(=O)O)c1ccc(C)cc1C. The molecule has 0 heterocycles. The second-order valence-corrected chi connectivity index (χ2v) is 3.79. The molecule has 4 heteroatoms. The number of carbonyl (C=O) groups is 2. The maximum atomic E-state index is 11.4. The van der Waals surface area contributed by atoms with Gasteiger partial charge in [0.05, 0.1) is 0 Å². The van der Waals surface area contributed by atoms with Crippen LogP contribution in [0.3, 0.4) is 0 Å². The standard InChI is InChI=1S/C12H15NO3/c1-8-4-5-11(9(2)6-8)13(10(3)14)7-12(15)16/h4-6H,7H2,1-3H3,(H,15,16). The predicted octanol–water partition coefficient (Wildman–Crippen LogP) is 1.74. The molecule has 0 spiro atoms. The molecule has 1 aromatic carbocycles. The fourth-order valence-corrected chi connectivity index (χ4v) is 1.61.